The highest BCUT2D eigenvalue weighted by atomic mass is 35.5. The van der Waals surface area contributed by atoms with Crippen molar-refractivity contribution in [3.63, 3.8) is 0 Å². The molecule has 1 atom stereocenters. The second-order valence-electron chi connectivity index (χ2n) is 6.44. The number of nitrogens with one attached hydrogen (secondary N) is 2. The van der Waals surface area contributed by atoms with Gasteiger partial charge in [0.25, 0.3) is 0 Å². The SMILES string of the molecule is N#CC(NNc1cc(Cl)cc(Cl)c1)C(=O)c1ccc(CN2CCOCC2)cc1. The van der Waals surface area contributed by atoms with E-state index in [-0.39, 0.29) is 5.78 Å². The number of carbonyl (C=O) groups is 1. The highest BCUT2D eigenvalue weighted by Crippen LogP contribution is 2.22. The number of hydrazine groups is 1. The summed E-state index contributed by atoms with van der Waals surface area (Å²) >= 11 is 11.9. The van der Waals surface area contributed by atoms with Crippen LogP contribution in [-0.4, -0.2) is 43.0 Å². The van der Waals surface area contributed by atoms with E-state index in [1.54, 1.807) is 30.3 Å². The van der Waals surface area contributed by atoms with Crippen LogP contribution < -0.4 is 10.9 Å². The summed E-state index contributed by atoms with van der Waals surface area (Å²) in [5.41, 5.74) is 7.68. The van der Waals surface area contributed by atoms with Crippen LogP contribution in [0.15, 0.2) is 42.5 Å². The molecule has 2 aromatic rings. The topological polar surface area (TPSA) is 77.4 Å². The van der Waals surface area contributed by atoms with Gasteiger partial charge in [-0.2, -0.15) is 5.26 Å². The van der Waals surface area contributed by atoms with Crippen molar-refractivity contribution in [3.05, 3.63) is 63.6 Å². The zero-order valence-electron chi connectivity index (χ0n) is 15.1. The maximum atomic E-state index is 12.6. The van der Waals surface area contributed by atoms with Crippen LogP contribution in [0.3, 0.4) is 0 Å². The highest BCUT2D eigenvalue weighted by Gasteiger charge is 2.19. The molecule has 8 heteroatoms. The molecule has 1 unspecified atom stereocenters. The van der Waals surface area contributed by atoms with E-state index in [0.717, 1.165) is 38.4 Å². The first kappa shape index (κ1) is 20.6. The van der Waals surface area contributed by atoms with Gasteiger partial charge in [-0.25, -0.2) is 5.43 Å². The molecular weight excluding hydrogens is 399 g/mol. The molecule has 0 spiro atoms. The fraction of sp³-hybridized carbons (Fsp3) is 0.300. The first-order chi connectivity index (χ1) is 13.5. The van der Waals surface area contributed by atoms with Gasteiger partial charge in [-0.05, 0) is 23.8 Å². The summed E-state index contributed by atoms with van der Waals surface area (Å²) < 4.78 is 5.35. The Labute approximate surface area is 174 Å². The number of hydrogen-bond donors (Lipinski definition) is 2. The summed E-state index contributed by atoms with van der Waals surface area (Å²) in [5, 5.41) is 10.3. The Morgan fingerprint density at radius 1 is 1.14 bits per heavy atom. The molecule has 28 heavy (non-hydrogen) atoms. The van der Waals surface area contributed by atoms with Crippen LogP contribution in [0.1, 0.15) is 15.9 Å². The van der Waals surface area contributed by atoms with Gasteiger partial charge in [0, 0.05) is 35.2 Å². The van der Waals surface area contributed by atoms with E-state index >= 15 is 0 Å². The number of anilines is 1. The Morgan fingerprint density at radius 2 is 1.79 bits per heavy atom. The zero-order valence-corrected chi connectivity index (χ0v) is 16.6. The van der Waals surface area contributed by atoms with E-state index in [4.69, 9.17) is 27.9 Å². The molecule has 0 aromatic heterocycles. The number of halogens is 2. The molecule has 1 heterocycles. The molecule has 0 aliphatic carbocycles. The minimum absolute atomic E-state index is 0.318. The number of morpholine rings is 1. The Balaban J connectivity index is 1.59. The van der Waals surface area contributed by atoms with Gasteiger partial charge in [0.05, 0.1) is 25.0 Å². The van der Waals surface area contributed by atoms with Gasteiger partial charge in [-0.1, -0.05) is 47.5 Å². The molecule has 6 nitrogen and oxygen atoms in total. The van der Waals surface area contributed by atoms with Crippen LogP contribution >= 0.6 is 23.2 Å². The van der Waals surface area contributed by atoms with Crippen molar-refractivity contribution in [1.82, 2.24) is 10.3 Å². The molecule has 146 valence electrons. The lowest BCUT2D eigenvalue weighted by Crippen LogP contribution is -2.39. The van der Waals surface area contributed by atoms with Crippen LogP contribution in [0.2, 0.25) is 10.0 Å². The molecule has 0 bridgehead atoms. The van der Waals surface area contributed by atoms with Crippen molar-refractivity contribution in [1.29, 1.82) is 5.26 Å². The predicted molar refractivity (Wildman–Crippen MR) is 109 cm³/mol. The summed E-state index contributed by atoms with van der Waals surface area (Å²) in [6, 6.07) is 13.1. The molecule has 0 radical (unpaired) electrons. The number of Topliss-reactive ketones (excluding diaryl/α,β-unsaturated/α-hetero) is 1. The maximum absolute atomic E-state index is 12.6. The molecule has 1 saturated heterocycles. The van der Waals surface area contributed by atoms with Crippen molar-refractivity contribution >= 4 is 34.7 Å². The van der Waals surface area contributed by atoms with Crippen LogP contribution in [-0.2, 0) is 11.3 Å². The average molecular weight is 419 g/mol. The zero-order chi connectivity index (χ0) is 19.9. The Hall–Kier alpha value is -2.14. The number of nitrogens with zero attached hydrogens (tertiary/aromatic N) is 2. The second-order valence-corrected chi connectivity index (χ2v) is 7.31. The molecule has 0 saturated carbocycles. The quantitative estimate of drug-likeness (QED) is 0.528. The van der Waals surface area contributed by atoms with Crippen molar-refractivity contribution in [2.45, 2.75) is 12.6 Å². The van der Waals surface area contributed by atoms with Crippen LogP contribution in [0.25, 0.3) is 0 Å². The number of ether oxygens (including phenoxy) is 1. The third kappa shape index (κ3) is 5.68. The number of benzene rings is 2. The van der Waals surface area contributed by atoms with Crippen LogP contribution in [0, 0.1) is 11.3 Å². The van der Waals surface area contributed by atoms with Gasteiger partial charge in [0.1, 0.15) is 0 Å². The minimum atomic E-state index is -1.05. The lowest BCUT2D eigenvalue weighted by atomic mass is 10.0. The first-order valence-corrected chi connectivity index (χ1v) is 9.61. The van der Waals surface area contributed by atoms with Crippen molar-refractivity contribution < 1.29 is 9.53 Å². The van der Waals surface area contributed by atoms with E-state index in [1.807, 2.05) is 18.2 Å². The third-order valence-electron chi connectivity index (χ3n) is 4.36. The lowest BCUT2D eigenvalue weighted by Gasteiger charge is -2.26. The van der Waals surface area contributed by atoms with E-state index in [9.17, 15) is 10.1 Å². The first-order valence-electron chi connectivity index (χ1n) is 8.85. The normalized spacial score (nSPS) is 15.6. The van der Waals surface area contributed by atoms with Crippen molar-refractivity contribution in [3.8, 4) is 6.07 Å². The van der Waals surface area contributed by atoms with Crippen LogP contribution in [0.5, 0.6) is 0 Å². The molecule has 1 aliphatic heterocycles. The molecule has 3 rings (SSSR count). The van der Waals surface area contributed by atoms with E-state index in [2.05, 4.69) is 15.8 Å². The fourth-order valence-corrected chi connectivity index (χ4v) is 3.42. The van der Waals surface area contributed by atoms with Gasteiger partial charge in [0.15, 0.2) is 11.8 Å². The Morgan fingerprint density at radius 3 is 2.39 bits per heavy atom. The number of ketones is 1. The largest absolute Gasteiger partial charge is 0.379 e. The number of rotatable bonds is 7. The number of carbonyl (C=O) groups excluding carboxylic acids is 1. The smallest absolute Gasteiger partial charge is 0.195 e. The Bertz CT molecular complexity index is 841. The average Bonchev–Trinajstić information content (AvgIpc) is 2.69. The van der Waals surface area contributed by atoms with Gasteiger partial charge < -0.3 is 10.2 Å². The van der Waals surface area contributed by atoms with Crippen molar-refractivity contribution in [2.24, 2.45) is 0 Å². The summed E-state index contributed by atoms with van der Waals surface area (Å²) in [5.74, 6) is -0.318. The highest BCUT2D eigenvalue weighted by molar-refractivity contribution is 6.35. The van der Waals surface area contributed by atoms with Gasteiger partial charge in [-0.15, -0.1) is 0 Å². The molecule has 0 amide bonds. The third-order valence-corrected chi connectivity index (χ3v) is 4.80. The fourth-order valence-electron chi connectivity index (χ4n) is 2.90. The standard InChI is InChI=1S/C20H20Cl2N4O2/c21-16-9-17(22)11-18(10-16)24-25-19(12-23)20(27)15-3-1-14(2-4-15)13-26-5-7-28-8-6-26/h1-4,9-11,19,24-25H,5-8,13H2. The second kappa shape index (κ2) is 9.87. The maximum Gasteiger partial charge on any atom is 0.195 e. The van der Waals surface area contributed by atoms with E-state index in [1.165, 1.54) is 0 Å². The monoisotopic (exact) mass is 418 g/mol. The molecule has 2 aromatic carbocycles. The molecule has 2 N–H and O–H groups in total. The lowest BCUT2D eigenvalue weighted by molar-refractivity contribution is 0.0342. The van der Waals surface area contributed by atoms with Gasteiger partial charge >= 0.3 is 0 Å². The molecular formula is C20H20Cl2N4O2. The molecule has 1 aliphatic rings. The molecule has 1 fully saturated rings. The Kier molecular flexibility index (Phi) is 7.26. The van der Waals surface area contributed by atoms with E-state index < -0.39 is 6.04 Å². The summed E-state index contributed by atoms with van der Waals surface area (Å²) in [7, 11) is 0. The van der Waals surface area contributed by atoms with E-state index in [0.29, 0.717) is 21.3 Å². The predicted octanol–water partition coefficient (Wildman–Crippen LogP) is 3.52. The van der Waals surface area contributed by atoms with Crippen LogP contribution in [0.4, 0.5) is 5.69 Å². The number of hydrogen-bond acceptors (Lipinski definition) is 6. The van der Waals surface area contributed by atoms with Gasteiger partial charge in [0.2, 0.25) is 0 Å². The summed E-state index contributed by atoms with van der Waals surface area (Å²) in [4.78, 5) is 14.9. The summed E-state index contributed by atoms with van der Waals surface area (Å²) in [6.45, 7) is 4.11. The van der Waals surface area contributed by atoms with Crippen molar-refractivity contribution in [2.75, 3.05) is 31.7 Å². The van der Waals surface area contributed by atoms with Gasteiger partial charge in [-0.3, -0.25) is 9.69 Å². The summed E-state index contributed by atoms with van der Waals surface area (Å²) in [6.07, 6.45) is 0. The number of nitriles is 1. The minimum Gasteiger partial charge on any atom is -0.379 e.